The zero-order chi connectivity index (χ0) is 17.7. The van der Waals surface area contributed by atoms with Gasteiger partial charge in [0.25, 0.3) is 5.91 Å². The van der Waals surface area contributed by atoms with Crippen LogP contribution < -0.4 is 10.1 Å². The quantitative estimate of drug-likeness (QED) is 0.804. The molecule has 1 amide bonds. The van der Waals surface area contributed by atoms with E-state index in [1.165, 1.54) is 0 Å². The predicted molar refractivity (Wildman–Crippen MR) is 95.2 cm³/mol. The molecule has 2 rings (SSSR count). The average molecular weight is 369 g/mol. The van der Waals surface area contributed by atoms with Gasteiger partial charge in [-0.2, -0.15) is 0 Å². The molecule has 7 heteroatoms. The molecule has 0 spiro atoms. The molecule has 0 aliphatic carbocycles. The second-order valence-corrected chi connectivity index (χ2v) is 5.98. The molecule has 2 aromatic rings. The first-order valence-corrected chi connectivity index (χ1v) is 8.22. The summed E-state index contributed by atoms with van der Waals surface area (Å²) < 4.78 is 5.66. The first kappa shape index (κ1) is 18.5. The summed E-state index contributed by atoms with van der Waals surface area (Å²) in [5, 5.41) is 12.4. The zero-order valence-electron chi connectivity index (χ0n) is 13.3. The number of ether oxygens (including phenoxy) is 1. The minimum atomic E-state index is -0.437. The maximum atomic E-state index is 12.3. The number of benzene rings is 1. The van der Waals surface area contributed by atoms with Gasteiger partial charge in [0.2, 0.25) is 0 Å². The summed E-state index contributed by atoms with van der Waals surface area (Å²) in [4.78, 5) is 16.6. The Morgan fingerprint density at radius 2 is 1.96 bits per heavy atom. The first-order valence-electron chi connectivity index (χ1n) is 7.46. The van der Waals surface area contributed by atoms with Crippen molar-refractivity contribution >= 4 is 34.9 Å². The summed E-state index contributed by atoms with van der Waals surface area (Å²) in [5.41, 5.74) is 0.803. The van der Waals surface area contributed by atoms with Crippen molar-refractivity contribution in [2.45, 2.75) is 26.4 Å². The fraction of sp³-hybridized carbons (Fsp3) is 0.294. The highest BCUT2D eigenvalue weighted by Gasteiger charge is 2.16. The van der Waals surface area contributed by atoms with Crippen LogP contribution in [0.4, 0.5) is 5.82 Å². The van der Waals surface area contributed by atoms with Crippen molar-refractivity contribution in [1.82, 2.24) is 4.98 Å². The summed E-state index contributed by atoms with van der Waals surface area (Å²) in [5.74, 6) is 0.482. The molecule has 0 saturated heterocycles. The van der Waals surface area contributed by atoms with E-state index < -0.39 is 5.91 Å². The number of aliphatic hydroxyl groups excluding tert-OH is 1. The number of carbonyl (C=O) groups excluding carboxylic acids is 1. The normalized spacial score (nSPS) is 11.9. The molecule has 1 aromatic carbocycles. The van der Waals surface area contributed by atoms with E-state index in [1.807, 2.05) is 6.92 Å². The fourth-order valence-electron chi connectivity index (χ4n) is 2.07. The summed E-state index contributed by atoms with van der Waals surface area (Å²) in [6, 6.07) is 8.18. The van der Waals surface area contributed by atoms with Crippen molar-refractivity contribution in [2.75, 3.05) is 11.9 Å². The van der Waals surface area contributed by atoms with Crippen molar-refractivity contribution in [3.05, 3.63) is 51.6 Å². The van der Waals surface area contributed by atoms with Gasteiger partial charge in [0.1, 0.15) is 17.7 Å². The number of carbonyl (C=O) groups is 1. The van der Waals surface area contributed by atoms with E-state index in [2.05, 4.69) is 10.3 Å². The Bertz CT molecular complexity index is 714. The van der Waals surface area contributed by atoms with Gasteiger partial charge in [-0.1, -0.05) is 36.2 Å². The Morgan fingerprint density at radius 1 is 1.29 bits per heavy atom. The molecule has 0 saturated carbocycles. The van der Waals surface area contributed by atoms with Gasteiger partial charge in [-0.05, 0) is 37.6 Å². The molecule has 0 bridgehead atoms. The van der Waals surface area contributed by atoms with Gasteiger partial charge in [-0.3, -0.25) is 4.79 Å². The van der Waals surface area contributed by atoms with Crippen LogP contribution in [-0.4, -0.2) is 28.7 Å². The number of hydrogen-bond acceptors (Lipinski definition) is 4. The largest absolute Gasteiger partial charge is 0.486 e. The smallest absolute Gasteiger partial charge is 0.259 e. The average Bonchev–Trinajstić information content (AvgIpc) is 2.54. The molecular weight excluding hydrogens is 351 g/mol. The minimum absolute atomic E-state index is 0.0700. The lowest BCUT2D eigenvalue weighted by Gasteiger charge is -2.17. The summed E-state index contributed by atoms with van der Waals surface area (Å²) in [7, 11) is 0. The van der Waals surface area contributed by atoms with Crippen molar-refractivity contribution in [3.8, 4) is 5.75 Å². The molecule has 1 unspecified atom stereocenters. The molecule has 128 valence electrons. The van der Waals surface area contributed by atoms with E-state index in [-0.39, 0.29) is 28.3 Å². The summed E-state index contributed by atoms with van der Waals surface area (Å²) >= 11 is 12.1. The number of aryl methyl sites for hydroxylation is 1. The van der Waals surface area contributed by atoms with E-state index in [0.29, 0.717) is 23.7 Å². The molecule has 0 aliphatic rings. The van der Waals surface area contributed by atoms with Crippen molar-refractivity contribution < 1.29 is 14.6 Å². The second kappa shape index (κ2) is 8.33. The molecule has 1 heterocycles. The molecule has 1 aromatic heterocycles. The van der Waals surface area contributed by atoms with Crippen LogP contribution in [0.2, 0.25) is 10.0 Å². The second-order valence-electron chi connectivity index (χ2n) is 5.16. The Labute approximate surface area is 150 Å². The number of pyridine rings is 1. The van der Waals surface area contributed by atoms with Gasteiger partial charge in [0.05, 0.1) is 27.9 Å². The monoisotopic (exact) mass is 368 g/mol. The van der Waals surface area contributed by atoms with E-state index in [1.54, 1.807) is 37.3 Å². The van der Waals surface area contributed by atoms with Crippen LogP contribution in [0.5, 0.6) is 5.75 Å². The highest BCUT2D eigenvalue weighted by molar-refractivity contribution is 6.40. The van der Waals surface area contributed by atoms with Crippen LogP contribution in [0.1, 0.15) is 29.4 Å². The Morgan fingerprint density at radius 3 is 2.50 bits per heavy atom. The van der Waals surface area contributed by atoms with Crippen molar-refractivity contribution in [1.29, 1.82) is 0 Å². The third-order valence-corrected chi connectivity index (χ3v) is 4.05. The maximum absolute atomic E-state index is 12.3. The van der Waals surface area contributed by atoms with Crippen LogP contribution in [0.3, 0.4) is 0 Å². The zero-order valence-corrected chi connectivity index (χ0v) is 14.9. The maximum Gasteiger partial charge on any atom is 0.259 e. The molecule has 2 N–H and O–H groups in total. The fourth-order valence-corrected chi connectivity index (χ4v) is 2.63. The van der Waals surface area contributed by atoms with Gasteiger partial charge in [-0.15, -0.1) is 0 Å². The molecule has 1 atom stereocenters. The molecular formula is C17H18Cl2N2O3. The number of halogens is 2. The third kappa shape index (κ3) is 4.38. The van der Waals surface area contributed by atoms with E-state index in [4.69, 9.17) is 27.9 Å². The van der Waals surface area contributed by atoms with Crippen LogP contribution in [0, 0.1) is 6.92 Å². The van der Waals surface area contributed by atoms with Crippen LogP contribution in [0.15, 0.2) is 30.3 Å². The number of hydrogen-bond donors (Lipinski definition) is 2. The lowest BCUT2D eigenvalue weighted by Crippen LogP contribution is -2.20. The molecule has 24 heavy (non-hydrogen) atoms. The van der Waals surface area contributed by atoms with Gasteiger partial charge in [-0.25, -0.2) is 4.98 Å². The topological polar surface area (TPSA) is 71.5 Å². The van der Waals surface area contributed by atoms with Crippen LogP contribution in [0.25, 0.3) is 0 Å². The third-order valence-electron chi connectivity index (χ3n) is 3.42. The first-order chi connectivity index (χ1) is 11.5. The van der Waals surface area contributed by atoms with E-state index in [9.17, 15) is 9.90 Å². The Kier molecular flexibility index (Phi) is 6.43. The van der Waals surface area contributed by atoms with Crippen LogP contribution >= 0.6 is 23.2 Å². The number of aromatic nitrogens is 1. The summed E-state index contributed by atoms with van der Waals surface area (Å²) in [6.45, 7) is 3.61. The number of anilines is 1. The van der Waals surface area contributed by atoms with Gasteiger partial charge in [0.15, 0.2) is 0 Å². The summed E-state index contributed by atoms with van der Waals surface area (Å²) in [6.07, 6.45) is 0.396. The highest BCUT2D eigenvalue weighted by Crippen LogP contribution is 2.26. The molecule has 0 radical (unpaired) electrons. The predicted octanol–water partition coefficient (Wildman–Crippen LogP) is 4.10. The van der Waals surface area contributed by atoms with Gasteiger partial charge >= 0.3 is 0 Å². The standard InChI is InChI=1S/C17H18Cl2N2O3/c1-3-11(9-22)24-14-7-8-15(20-10(14)2)21-17(23)16-12(18)5-4-6-13(16)19/h4-8,11,22H,3,9H2,1-2H3,(H,20,21,23). The van der Waals surface area contributed by atoms with Gasteiger partial charge in [0, 0.05) is 0 Å². The van der Waals surface area contributed by atoms with Crippen LogP contribution in [-0.2, 0) is 0 Å². The lowest BCUT2D eigenvalue weighted by atomic mass is 10.2. The van der Waals surface area contributed by atoms with E-state index in [0.717, 1.165) is 0 Å². The molecule has 0 fully saturated rings. The lowest BCUT2D eigenvalue weighted by molar-refractivity contribution is 0.102. The SMILES string of the molecule is CCC(CO)Oc1ccc(NC(=O)c2c(Cl)cccc2Cl)nc1C. The molecule has 5 nitrogen and oxygen atoms in total. The minimum Gasteiger partial charge on any atom is -0.486 e. The van der Waals surface area contributed by atoms with Gasteiger partial charge < -0.3 is 15.2 Å². The molecule has 0 aliphatic heterocycles. The number of nitrogens with one attached hydrogen (secondary N) is 1. The Balaban J connectivity index is 2.16. The number of aliphatic hydroxyl groups is 1. The van der Waals surface area contributed by atoms with E-state index >= 15 is 0 Å². The highest BCUT2D eigenvalue weighted by atomic mass is 35.5. The Hall–Kier alpha value is -1.82. The van der Waals surface area contributed by atoms with Crippen molar-refractivity contribution in [2.24, 2.45) is 0 Å². The number of amides is 1. The number of rotatable bonds is 6. The van der Waals surface area contributed by atoms with Crippen molar-refractivity contribution in [3.63, 3.8) is 0 Å². The number of nitrogens with zero attached hydrogens (tertiary/aromatic N) is 1.